The molecular weight excluding hydrogens is 450 g/mol. The van der Waals surface area contributed by atoms with E-state index in [-0.39, 0.29) is 11.8 Å². The fourth-order valence-corrected chi connectivity index (χ4v) is 3.57. The highest BCUT2D eigenvalue weighted by atomic mass is 16.5. The van der Waals surface area contributed by atoms with Gasteiger partial charge in [0.1, 0.15) is 5.75 Å². The van der Waals surface area contributed by atoms with Gasteiger partial charge in [0.2, 0.25) is 0 Å². The first-order valence-electron chi connectivity index (χ1n) is 12.0. The summed E-state index contributed by atoms with van der Waals surface area (Å²) >= 11 is 0. The van der Waals surface area contributed by atoms with Crippen molar-refractivity contribution in [2.75, 3.05) is 22.6 Å². The van der Waals surface area contributed by atoms with Crippen LogP contribution in [0.2, 0.25) is 0 Å². The van der Waals surface area contributed by atoms with Crippen LogP contribution in [0.3, 0.4) is 0 Å². The van der Waals surface area contributed by atoms with Gasteiger partial charge in [0.15, 0.2) is 0 Å². The number of benzene rings is 4. The lowest BCUT2D eigenvalue weighted by molar-refractivity contribution is 0.102. The van der Waals surface area contributed by atoms with E-state index >= 15 is 0 Å². The van der Waals surface area contributed by atoms with Gasteiger partial charge in [-0.2, -0.15) is 0 Å². The number of carbonyl (C=O) groups excluding carboxylic acids is 2. The maximum Gasteiger partial charge on any atom is 0.257 e. The van der Waals surface area contributed by atoms with Crippen molar-refractivity contribution >= 4 is 34.6 Å². The Morgan fingerprint density at radius 1 is 0.694 bits per heavy atom. The van der Waals surface area contributed by atoms with E-state index in [2.05, 4.69) is 22.9 Å². The van der Waals surface area contributed by atoms with Crippen molar-refractivity contribution in [1.82, 2.24) is 0 Å². The first-order valence-corrected chi connectivity index (χ1v) is 12.0. The Balaban J connectivity index is 1.41. The maximum absolute atomic E-state index is 13.0. The predicted octanol–water partition coefficient (Wildman–Crippen LogP) is 7.11. The molecule has 0 saturated carbocycles. The first kappa shape index (κ1) is 24.5. The Morgan fingerprint density at radius 3 is 2.17 bits per heavy atom. The third kappa shape index (κ3) is 6.73. The third-order valence-electron chi connectivity index (χ3n) is 5.49. The van der Waals surface area contributed by atoms with Crippen molar-refractivity contribution < 1.29 is 14.3 Å². The molecule has 0 bridgehead atoms. The molecule has 4 rings (SSSR count). The van der Waals surface area contributed by atoms with Gasteiger partial charge in [0, 0.05) is 22.6 Å². The second-order valence-electron chi connectivity index (χ2n) is 8.25. The Morgan fingerprint density at radius 2 is 1.39 bits per heavy atom. The highest BCUT2D eigenvalue weighted by molar-refractivity contribution is 6.12. The van der Waals surface area contributed by atoms with Gasteiger partial charge in [0.25, 0.3) is 11.8 Å². The van der Waals surface area contributed by atoms with Gasteiger partial charge in [-0.05, 0) is 73.2 Å². The minimum atomic E-state index is -0.314. The van der Waals surface area contributed by atoms with E-state index in [1.54, 1.807) is 42.5 Å². The van der Waals surface area contributed by atoms with Gasteiger partial charge < -0.3 is 20.7 Å². The number of hydrogen-bond donors (Lipinski definition) is 3. The number of rotatable bonds is 10. The molecule has 2 amide bonds. The lowest BCUT2D eigenvalue weighted by Crippen LogP contribution is -2.18. The summed E-state index contributed by atoms with van der Waals surface area (Å²) < 4.78 is 5.71. The highest BCUT2D eigenvalue weighted by Gasteiger charge is 2.15. The van der Waals surface area contributed by atoms with Gasteiger partial charge in [0.05, 0.1) is 17.9 Å². The Labute approximate surface area is 211 Å². The first-order chi connectivity index (χ1) is 17.6. The van der Waals surface area contributed by atoms with E-state index in [1.807, 2.05) is 60.7 Å². The van der Waals surface area contributed by atoms with E-state index < -0.39 is 0 Å². The molecule has 6 nitrogen and oxygen atoms in total. The summed E-state index contributed by atoms with van der Waals surface area (Å²) in [6.45, 7) is 2.70. The van der Waals surface area contributed by atoms with Crippen LogP contribution in [0, 0.1) is 0 Å². The summed E-state index contributed by atoms with van der Waals surface area (Å²) in [6, 6.07) is 31.3. The van der Waals surface area contributed by atoms with Crippen LogP contribution in [0.25, 0.3) is 0 Å². The smallest absolute Gasteiger partial charge is 0.257 e. The molecule has 4 aromatic rings. The summed E-state index contributed by atoms with van der Waals surface area (Å²) in [5.41, 5.74) is 3.80. The monoisotopic (exact) mass is 479 g/mol. The number of amides is 2. The van der Waals surface area contributed by atoms with E-state index in [9.17, 15) is 9.59 Å². The van der Waals surface area contributed by atoms with E-state index in [0.29, 0.717) is 34.9 Å². The van der Waals surface area contributed by atoms with Gasteiger partial charge in [-0.25, -0.2) is 0 Å². The second-order valence-corrected chi connectivity index (χ2v) is 8.25. The molecule has 182 valence electrons. The van der Waals surface area contributed by atoms with Crippen LogP contribution >= 0.6 is 0 Å². The molecule has 6 heteroatoms. The average Bonchev–Trinajstić information content (AvgIpc) is 2.91. The van der Waals surface area contributed by atoms with Gasteiger partial charge in [-0.1, -0.05) is 49.7 Å². The number of carbonyl (C=O) groups is 2. The number of anilines is 4. The van der Waals surface area contributed by atoms with Crippen LogP contribution in [0.4, 0.5) is 22.7 Å². The molecule has 0 aliphatic heterocycles. The van der Waals surface area contributed by atoms with E-state index in [1.165, 1.54) is 0 Å². The van der Waals surface area contributed by atoms with Crippen molar-refractivity contribution in [3.8, 4) is 5.75 Å². The zero-order chi connectivity index (χ0) is 25.2. The molecule has 0 unspecified atom stereocenters. The topological polar surface area (TPSA) is 79.5 Å². The predicted molar refractivity (Wildman–Crippen MR) is 145 cm³/mol. The number of hydrogen-bond acceptors (Lipinski definition) is 4. The summed E-state index contributed by atoms with van der Waals surface area (Å²) in [4.78, 5) is 25.9. The van der Waals surface area contributed by atoms with Crippen molar-refractivity contribution in [2.45, 2.75) is 19.8 Å². The van der Waals surface area contributed by atoms with Crippen molar-refractivity contribution in [3.05, 3.63) is 114 Å². The molecule has 0 aliphatic carbocycles. The highest BCUT2D eigenvalue weighted by Crippen LogP contribution is 2.22. The molecule has 0 spiro atoms. The molecular formula is C30H29N3O3. The SMILES string of the molecule is CCCCOc1cccc(C(=O)Nc2ccccc2C(=O)Nc2ccc(Nc3ccccc3)cc2)c1. The number of nitrogens with one attached hydrogen (secondary N) is 3. The number of ether oxygens (including phenoxy) is 1. The molecule has 0 atom stereocenters. The minimum absolute atomic E-state index is 0.312. The van der Waals surface area contributed by atoms with Crippen LogP contribution in [-0.2, 0) is 0 Å². The van der Waals surface area contributed by atoms with Crippen LogP contribution < -0.4 is 20.7 Å². The van der Waals surface area contributed by atoms with E-state index in [0.717, 1.165) is 24.2 Å². The summed E-state index contributed by atoms with van der Waals surface area (Å²) in [5.74, 6) is 0.0196. The van der Waals surface area contributed by atoms with Crippen molar-refractivity contribution in [1.29, 1.82) is 0 Å². The van der Waals surface area contributed by atoms with Crippen LogP contribution in [0.5, 0.6) is 5.75 Å². The molecule has 36 heavy (non-hydrogen) atoms. The zero-order valence-electron chi connectivity index (χ0n) is 20.2. The minimum Gasteiger partial charge on any atom is -0.494 e. The van der Waals surface area contributed by atoms with Gasteiger partial charge >= 0.3 is 0 Å². The quantitative estimate of drug-likeness (QED) is 0.212. The maximum atomic E-state index is 13.0. The average molecular weight is 480 g/mol. The van der Waals surface area contributed by atoms with Crippen molar-refractivity contribution in [3.63, 3.8) is 0 Å². The Bertz CT molecular complexity index is 1300. The molecule has 0 radical (unpaired) electrons. The van der Waals surface area contributed by atoms with Crippen molar-refractivity contribution in [2.24, 2.45) is 0 Å². The second kappa shape index (κ2) is 12.2. The fourth-order valence-electron chi connectivity index (χ4n) is 3.57. The largest absolute Gasteiger partial charge is 0.494 e. The molecule has 4 aromatic carbocycles. The van der Waals surface area contributed by atoms with E-state index in [4.69, 9.17) is 4.74 Å². The lowest BCUT2D eigenvalue weighted by atomic mass is 10.1. The normalized spacial score (nSPS) is 10.4. The van der Waals surface area contributed by atoms with Crippen LogP contribution in [-0.4, -0.2) is 18.4 Å². The zero-order valence-corrected chi connectivity index (χ0v) is 20.2. The number of para-hydroxylation sites is 2. The van der Waals surface area contributed by atoms with Gasteiger partial charge in [-0.3, -0.25) is 9.59 Å². The molecule has 0 heterocycles. The lowest BCUT2D eigenvalue weighted by Gasteiger charge is -2.13. The molecule has 3 N–H and O–H groups in total. The Kier molecular flexibility index (Phi) is 8.33. The standard InChI is InChI=1S/C30H29N3O3/c1-2-3-20-36-26-13-9-10-22(21-26)29(34)33-28-15-8-7-14-27(28)30(35)32-25-18-16-24(17-19-25)31-23-11-5-4-6-12-23/h4-19,21,31H,2-3,20H2,1H3,(H,32,35)(H,33,34). The molecule has 0 saturated heterocycles. The summed E-state index contributed by atoms with van der Waals surface area (Å²) in [6.07, 6.45) is 1.99. The van der Waals surface area contributed by atoms with Crippen LogP contribution in [0.15, 0.2) is 103 Å². The van der Waals surface area contributed by atoms with Gasteiger partial charge in [-0.15, -0.1) is 0 Å². The summed E-state index contributed by atoms with van der Waals surface area (Å²) in [7, 11) is 0. The van der Waals surface area contributed by atoms with Crippen LogP contribution in [0.1, 0.15) is 40.5 Å². The third-order valence-corrected chi connectivity index (χ3v) is 5.49. The number of unbranched alkanes of at least 4 members (excludes halogenated alkanes) is 1. The summed E-state index contributed by atoms with van der Waals surface area (Å²) in [5, 5.41) is 9.07. The molecule has 0 aromatic heterocycles. The molecule has 0 aliphatic rings. The fraction of sp³-hybridized carbons (Fsp3) is 0.133. The molecule has 0 fully saturated rings. The Hall–Kier alpha value is -4.58.